The third-order valence-electron chi connectivity index (χ3n) is 6.10. The van der Waals surface area contributed by atoms with Gasteiger partial charge >= 0.3 is 0 Å². The molecule has 0 bridgehead atoms. The Labute approximate surface area is 173 Å². The van der Waals surface area contributed by atoms with Crippen LogP contribution in [-0.2, 0) is 22.6 Å². The van der Waals surface area contributed by atoms with E-state index >= 15 is 0 Å². The van der Waals surface area contributed by atoms with Gasteiger partial charge in [-0.15, -0.1) is 0 Å². The molecule has 1 aromatic heterocycles. The number of piperidine rings is 1. The number of furan rings is 1. The Bertz CT molecular complexity index is 785. The smallest absolute Gasteiger partial charge is 0.253 e. The molecule has 2 saturated heterocycles. The number of ether oxygens (including phenoxy) is 1. The van der Waals surface area contributed by atoms with Crippen molar-refractivity contribution in [2.75, 3.05) is 40.3 Å². The van der Waals surface area contributed by atoms with Gasteiger partial charge in [-0.05, 0) is 31.5 Å². The van der Waals surface area contributed by atoms with Crippen LogP contribution in [0.1, 0.15) is 24.0 Å². The molecule has 6 heteroatoms. The second-order valence-corrected chi connectivity index (χ2v) is 8.57. The van der Waals surface area contributed by atoms with Crippen molar-refractivity contribution in [1.82, 2.24) is 14.7 Å². The standard InChI is InChI=1S/C23H31N3O3/c1-24-16-21(22(27)25(2)14-19-6-4-3-5-7-19)29-23(18-24)9-11-26(12-10-23)15-20-8-13-28-17-20/h3-8,13,17,21H,9-12,14-16,18H2,1-2H3/t21-/m0/s1. The summed E-state index contributed by atoms with van der Waals surface area (Å²) in [7, 11) is 3.97. The van der Waals surface area contributed by atoms with Gasteiger partial charge in [0.15, 0.2) is 0 Å². The predicted octanol–water partition coefficient (Wildman–Crippen LogP) is 2.60. The van der Waals surface area contributed by atoms with E-state index in [1.54, 1.807) is 11.2 Å². The molecule has 2 aromatic rings. The quantitative estimate of drug-likeness (QED) is 0.776. The number of benzene rings is 1. The van der Waals surface area contributed by atoms with E-state index in [9.17, 15) is 4.79 Å². The third kappa shape index (κ3) is 4.89. The second-order valence-electron chi connectivity index (χ2n) is 8.57. The molecule has 3 heterocycles. The Morgan fingerprint density at radius 1 is 1.17 bits per heavy atom. The van der Waals surface area contributed by atoms with Crippen LogP contribution in [0.15, 0.2) is 53.3 Å². The summed E-state index contributed by atoms with van der Waals surface area (Å²) in [5.41, 5.74) is 2.11. The summed E-state index contributed by atoms with van der Waals surface area (Å²) in [5, 5.41) is 0. The highest BCUT2D eigenvalue weighted by Gasteiger charge is 2.44. The van der Waals surface area contributed by atoms with Crippen molar-refractivity contribution in [2.45, 2.75) is 37.6 Å². The van der Waals surface area contributed by atoms with E-state index in [2.05, 4.69) is 29.0 Å². The van der Waals surface area contributed by atoms with E-state index in [1.807, 2.05) is 37.6 Å². The van der Waals surface area contributed by atoms with E-state index in [0.717, 1.165) is 44.6 Å². The Hall–Kier alpha value is -2.15. The number of hydrogen-bond acceptors (Lipinski definition) is 5. The lowest BCUT2D eigenvalue weighted by atomic mass is 9.88. The summed E-state index contributed by atoms with van der Waals surface area (Å²) < 4.78 is 11.7. The lowest BCUT2D eigenvalue weighted by Crippen LogP contribution is -2.61. The zero-order valence-electron chi connectivity index (χ0n) is 17.4. The Morgan fingerprint density at radius 2 is 1.93 bits per heavy atom. The predicted molar refractivity (Wildman–Crippen MR) is 111 cm³/mol. The van der Waals surface area contributed by atoms with Gasteiger partial charge in [0, 0.05) is 51.9 Å². The maximum Gasteiger partial charge on any atom is 0.253 e. The fourth-order valence-electron chi connectivity index (χ4n) is 4.56. The van der Waals surface area contributed by atoms with Gasteiger partial charge in [0.1, 0.15) is 6.10 Å². The highest BCUT2D eigenvalue weighted by atomic mass is 16.5. The molecule has 2 aliphatic heterocycles. The van der Waals surface area contributed by atoms with Gasteiger partial charge in [-0.3, -0.25) is 9.69 Å². The fourth-order valence-corrected chi connectivity index (χ4v) is 4.56. The number of morpholine rings is 1. The van der Waals surface area contributed by atoms with Gasteiger partial charge in [0.05, 0.1) is 18.1 Å². The first-order valence-corrected chi connectivity index (χ1v) is 10.4. The molecule has 0 radical (unpaired) electrons. The number of carbonyl (C=O) groups excluding carboxylic acids is 1. The summed E-state index contributed by atoms with van der Waals surface area (Å²) in [4.78, 5) is 19.6. The topological polar surface area (TPSA) is 49.2 Å². The first-order chi connectivity index (χ1) is 14.0. The van der Waals surface area contributed by atoms with E-state index in [0.29, 0.717) is 13.1 Å². The Balaban J connectivity index is 1.36. The van der Waals surface area contributed by atoms with E-state index in [4.69, 9.17) is 9.15 Å². The molecule has 4 rings (SSSR count). The van der Waals surface area contributed by atoms with Gasteiger partial charge in [0.2, 0.25) is 0 Å². The summed E-state index contributed by atoms with van der Waals surface area (Å²) in [5.74, 6) is 0.0700. The van der Waals surface area contributed by atoms with Crippen LogP contribution in [-0.4, -0.2) is 72.6 Å². The van der Waals surface area contributed by atoms with Crippen molar-refractivity contribution in [3.05, 3.63) is 60.1 Å². The zero-order valence-corrected chi connectivity index (χ0v) is 17.4. The molecule has 0 unspecified atom stereocenters. The average molecular weight is 398 g/mol. The average Bonchev–Trinajstić information content (AvgIpc) is 3.23. The van der Waals surface area contributed by atoms with Gasteiger partial charge in [0.25, 0.3) is 5.91 Å². The maximum absolute atomic E-state index is 13.1. The fraction of sp³-hybridized carbons (Fsp3) is 0.522. The number of likely N-dealkylation sites (N-methyl/N-ethyl adjacent to an activating group) is 2. The highest BCUT2D eigenvalue weighted by molar-refractivity contribution is 5.81. The first kappa shape index (κ1) is 20.1. The highest BCUT2D eigenvalue weighted by Crippen LogP contribution is 2.33. The third-order valence-corrected chi connectivity index (χ3v) is 6.10. The van der Waals surface area contributed by atoms with Gasteiger partial charge in [-0.25, -0.2) is 0 Å². The van der Waals surface area contributed by atoms with Gasteiger partial charge in [-0.2, -0.15) is 0 Å². The van der Waals surface area contributed by atoms with Crippen molar-refractivity contribution < 1.29 is 13.9 Å². The van der Waals surface area contributed by atoms with Crippen molar-refractivity contribution >= 4 is 5.91 Å². The molecule has 2 aliphatic rings. The van der Waals surface area contributed by atoms with Crippen LogP contribution >= 0.6 is 0 Å². The minimum absolute atomic E-state index is 0.0700. The molecule has 0 N–H and O–H groups in total. The number of hydrogen-bond donors (Lipinski definition) is 0. The van der Waals surface area contributed by atoms with Crippen molar-refractivity contribution in [3.8, 4) is 0 Å². The molecule has 0 aliphatic carbocycles. The number of nitrogens with zero attached hydrogens (tertiary/aromatic N) is 3. The van der Waals surface area contributed by atoms with E-state index < -0.39 is 6.10 Å². The minimum Gasteiger partial charge on any atom is -0.472 e. The van der Waals surface area contributed by atoms with Crippen LogP contribution in [0.2, 0.25) is 0 Å². The molecule has 156 valence electrons. The summed E-state index contributed by atoms with van der Waals surface area (Å²) >= 11 is 0. The Kier molecular flexibility index (Phi) is 6.04. The second kappa shape index (κ2) is 8.69. The zero-order chi connectivity index (χ0) is 20.3. The minimum atomic E-state index is -0.400. The SMILES string of the molecule is CN1C[C@@H](C(=O)N(C)Cc2ccccc2)OC2(CCN(Cc3ccoc3)CC2)C1. The molecule has 1 amide bonds. The van der Waals surface area contributed by atoms with Crippen LogP contribution in [0.5, 0.6) is 0 Å². The molecular formula is C23H31N3O3. The normalized spacial score (nSPS) is 22.6. The van der Waals surface area contributed by atoms with Gasteiger partial charge in [-0.1, -0.05) is 30.3 Å². The molecule has 1 atom stereocenters. The first-order valence-electron chi connectivity index (χ1n) is 10.4. The van der Waals surface area contributed by atoms with Crippen molar-refractivity contribution in [1.29, 1.82) is 0 Å². The van der Waals surface area contributed by atoms with Crippen LogP contribution in [0.4, 0.5) is 0 Å². The molecule has 6 nitrogen and oxygen atoms in total. The molecule has 0 saturated carbocycles. The lowest BCUT2D eigenvalue weighted by Gasteiger charge is -2.49. The van der Waals surface area contributed by atoms with Crippen LogP contribution in [0.3, 0.4) is 0 Å². The summed E-state index contributed by atoms with van der Waals surface area (Å²) in [6.07, 6.45) is 5.03. The monoisotopic (exact) mass is 397 g/mol. The molecule has 2 fully saturated rings. The summed E-state index contributed by atoms with van der Waals surface area (Å²) in [6, 6.07) is 12.1. The largest absolute Gasteiger partial charge is 0.472 e. The number of rotatable bonds is 5. The van der Waals surface area contributed by atoms with Crippen molar-refractivity contribution in [3.63, 3.8) is 0 Å². The molecule has 1 aromatic carbocycles. The van der Waals surface area contributed by atoms with Crippen molar-refractivity contribution in [2.24, 2.45) is 0 Å². The molecule has 1 spiro atoms. The number of likely N-dealkylation sites (tertiary alicyclic amines) is 1. The van der Waals surface area contributed by atoms with Crippen LogP contribution < -0.4 is 0 Å². The van der Waals surface area contributed by atoms with E-state index in [1.165, 1.54) is 5.56 Å². The maximum atomic E-state index is 13.1. The Morgan fingerprint density at radius 3 is 2.62 bits per heavy atom. The van der Waals surface area contributed by atoms with Crippen LogP contribution in [0, 0.1) is 0 Å². The molecular weight excluding hydrogens is 366 g/mol. The lowest BCUT2D eigenvalue weighted by molar-refractivity contribution is -0.188. The van der Waals surface area contributed by atoms with E-state index in [-0.39, 0.29) is 11.5 Å². The van der Waals surface area contributed by atoms with Gasteiger partial charge < -0.3 is 19.0 Å². The number of amides is 1. The van der Waals surface area contributed by atoms with Crippen LogP contribution in [0.25, 0.3) is 0 Å². The number of carbonyl (C=O) groups is 1. The molecule has 29 heavy (non-hydrogen) atoms. The summed E-state index contributed by atoms with van der Waals surface area (Å²) in [6.45, 7) is 5.00.